The summed E-state index contributed by atoms with van der Waals surface area (Å²) in [5.74, 6) is 0.376. The fraction of sp³-hybridized carbons (Fsp3) is 0.276. The molecule has 0 saturated carbocycles. The smallest absolute Gasteiger partial charge is 0.255 e. The SMILES string of the molecule is COc1cc(-c2cc3cc(Cl)c(Cl)cc3[nH]2)ccc1C(=O)NCCCN1CCN(c2cccc(Cl)c2)CC1. The van der Waals surface area contributed by atoms with Crippen LogP contribution in [0.4, 0.5) is 5.69 Å². The van der Waals surface area contributed by atoms with Crippen LogP contribution in [-0.2, 0) is 0 Å². The molecule has 0 radical (unpaired) electrons. The van der Waals surface area contributed by atoms with Gasteiger partial charge in [-0.25, -0.2) is 0 Å². The van der Waals surface area contributed by atoms with Gasteiger partial charge in [-0.3, -0.25) is 9.69 Å². The van der Waals surface area contributed by atoms with Gasteiger partial charge in [0.15, 0.2) is 0 Å². The Labute approximate surface area is 237 Å². The average Bonchev–Trinajstić information content (AvgIpc) is 3.33. The van der Waals surface area contributed by atoms with Crippen LogP contribution in [0.5, 0.6) is 5.75 Å². The molecule has 38 heavy (non-hydrogen) atoms. The fourth-order valence-electron chi connectivity index (χ4n) is 4.83. The Bertz CT molecular complexity index is 1410. The number of hydrogen-bond acceptors (Lipinski definition) is 4. The second kappa shape index (κ2) is 11.9. The first-order chi connectivity index (χ1) is 18.4. The first-order valence-corrected chi connectivity index (χ1v) is 13.7. The molecule has 0 unspecified atom stereocenters. The number of anilines is 1. The van der Waals surface area contributed by atoms with Crippen molar-refractivity contribution in [2.24, 2.45) is 0 Å². The number of carbonyl (C=O) groups excluding carboxylic acids is 1. The number of aromatic nitrogens is 1. The number of amides is 1. The van der Waals surface area contributed by atoms with Crippen LogP contribution in [0.3, 0.4) is 0 Å². The lowest BCUT2D eigenvalue weighted by atomic mass is 10.1. The molecule has 1 amide bonds. The maximum Gasteiger partial charge on any atom is 0.255 e. The lowest BCUT2D eigenvalue weighted by molar-refractivity contribution is 0.0948. The standard InChI is InChI=1S/C29H29Cl3N4O2/c1-38-28-16-19(26-15-20-14-24(31)25(32)18-27(20)34-26)6-7-23(28)29(37)33-8-3-9-35-10-12-36(13-11-35)22-5-2-4-21(30)17-22/h2,4-7,14-18,34H,3,8-13H2,1H3,(H,33,37). The van der Waals surface area contributed by atoms with Crippen LogP contribution in [0.25, 0.3) is 22.2 Å². The van der Waals surface area contributed by atoms with E-state index in [2.05, 4.69) is 26.2 Å². The van der Waals surface area contributed by atoms with Gasteiger partial charge in [-0.2, -0.15) is 0 Å². The number of rotatable bonds is 8. The molecule has 1 fully saturated rings. The second-order valence-corrected chi connectivity index (χ2v) is 10.6. The Morgan fingerprint density at radius 2 is 1.76 bits per heavy atom. The van der Waals surface area contributed by atoms with Crippen LogP contribution < -0.4 is 15.0 Å². The Balaban J connectivity index is 1.13. The van der Waals surface area contributed by atoms with Crippen LogP contribution in [0.1, 0.15) is 16.8 Å². The lowest BCUT2D eigenvalue weighted by Crippen LogP contribution is -2.47. The molecule has 5 rings (SSSR count). The summed E-state index contributed by atoms with van der Waals surface area (Å²) in [4.78, 5) is 21.1. The average molecular weight is 572 g/mol. The van der Waals surface area contributed by atoms with Crippen LogP contribution in [0.15, 0.2) is 60.7 Å². The maximum atomic E-state index is 12.9. The third kappa shape index (κ3) is 6.05. The predicted octanol–water partition coefficient (Wildman–Crippen LogP) is 6.75. The van der Waals surface area contributed by atoms with E-state index in [-0.39, 0.29) is 5.91 Å². The van der Waals surface area contributed by atoms with Gasteiger partial charge in [0.1, 0.15) is 5.75 Å². The number of benzene rings is 3. The van der Waals surface area contributed by atoms with Crippen molar-refractivity contribution in [3.05, 3.63) is 81.3 Å². The van der Waals surface area contributed by atoms with E-state index in [1.165, 1.54) is 5.69 Å². The van der Waals surface area contributed by atoms with E-state index in [4.69, 9.17) is 39.5 Å². The summed E-state index contributed by atoms with van der Waals surface area (Å²) < 4.78 is 5.56. The Morgan fingerprint density at radius 1 is 0.974 bits per heavy atom. The highest BCUT2D eigenvalue weighted by atomic mass is 35.5. The van der Waals surface area contributed by atoms with Gasteiger partial charge in [0.05, 0.1) is 22.7 Å². The number of H-pyrrole nitrogens is 1. The summed E-state index contributed by atoms with van der Waals surface area (Å²) in [7, 11) is 1.57. The lowest BCUT2D eigenvalue weighted by Gasteiger charge is -2.36. The molecule has 2 N–H and O–H groups in total. The molecule has 4 aromatic rings. The third-order valence-corrected chi connectivity index (χ3v) is 7.86. The highest BCUT2D eigenvalue weighted by molar-refractivity contribution is 6.42. The van der Waals surface area contributed by atoms with Crippen molar-refractivity contribution in [3.63, 3.8) is 0 Å². The molecule has 6 nitrogen and oxygen atoms in total. The van der Waals surface area contributed by atoms with E-state index in [0.29, 0.717) is 27.9 Å². The zero-order valence-corrected chi connectivity index (χ0v) is 23.3. The number of carbonyl (C=O) groups is 1. The number of aromatic amines is 1. The van der Waals surface area contributed by atoms with E-state index in [9.17, 15) is 4.79 Å². The number of methoxy groups -OCH3 is 1. The molecule has 1 aliphatic heterocycles. The number of ether oxygens (including phenoxy) is 1. The highest BCUT2D eigenvalue weighted by Crippen LogP contribution is 2.33. The molecule has 2 heterocycles. The number of fused-ring (bicyclic) bond motifs is 1. The number of piperazine rings is 1. The minimum atomic E-state index is -0.144. The van der Waals surface area contributed by atoms with Crippen molar-refractivity contribution in [2.75, 3.05) is 51.3 Å². The number of nitrogens with zero attached hydrogens (tertiary/aromatic N) is 2. The van der Waals surface area contributed by atoms with Crippen molar-refractivity contribution >= 4 is 57.3 Å². The molecule has 1 aromatic heterocycles. The molecule has 198 valence electrons. The Hall–Kier alpha value is -2.90. The topological polar surface area (TPSA) is 60.6 Å². The molecule has 0 spiro atoms. The van der Waals surface area contributed by atoms with Gasteiger partial charge in [0.25, 0.3) is 5.91 Å². The molecule has 3 aromatic carbocycles. The molecule has 1 saturated heterocycles. The first-order valence-electron chi connectivity index (χ1n) is 12.6. The minimum absolute atomic E-state index is 0.144. The van der Waals surface area contributed by atoms with Gasteiger partial charge in [0.2, 0.25) is 0 Å². The van der Waals surface area contributed by atoms with E-state index in [1.807, 2.05) is 42.5 Å². The molecule has 0 aliphatic carbocycles. The Morgan fingerprint density at radius 3 is 2.53 bits per heavy atom. The molecule has 0 bridgehead atoms. The molecule has 9 heteroatoms. The van der Waals surface area contributed by atoms with E-state index < -0.39 is 0 Å². The van der Waals surface area contributed by atoms with Gasteiger partial charge in [-0.1, -0.05) is 46.9 Å². The molecular weight excluding hydrogens is 543 g/mol. The summed E-state index contributed by atoms with van der Waals surface area (Å²) in [6.45, 7) is 5.44. The largest absolute Gasteiger partial charge is 0.496 e. The van der Waals surface area contributed by atoms with Crippen LogP contribution in [0, 0.1) is 0 Å². The van der Waals surface area contributed by atoms with Gasteiger partial charge < -0.3 is 19.9 Å². The van der Waals surface area contributed by atoms with Crippen LogP contribution >= 0.6 is 34.8 Å². The minimum Gasteiger partial charge on any atom is -0.496 e. The zero-order valence-electron chi connectivity index (χ0n) is 21.1. The Kier molecular flexibility index (Phi) is 8.34. The van der Waals surface area contributed by atoms with Gasteiger partial charge >= 0.3 is 0 Å². The zero-order chi connectivity index (χ0) is 26.6. The summed E-state index contributed by atoms with van der Waals surface area (Å²) in [6, 6.07) is 19.2. The number of halogens is 3. The molecule has 0 atom stereocenters. The molecule has 1 aliphatic rings. The highest BCUT2D eigenvalue weighted by Gasteiger charge is 2.18. The van der Waals surface area contributed by atoms with E-state index in [1.54, 1.807) is 19.2 Å². The molecular formula is C29H29Cl3N4O2. The van der Waals surface area contributed by atoms with Crippen LogP contribution in [0.2, 0.25) is 15.1 Å². The third-order valence-electron chi connectivity index (χ3n) is 6.90. The van der Waals surface area contributed by atoms with Crippen LogP contribution in [-0.4, -0.2) is 62.2 Å². The fourth-order valence-corrected chi connectivity index (χ4v) is 5.35. The van der Waals surface area contributed by atoms with Gasteiger partial charge in [-0.05, 0) is 61.5 Å². The normalized spacial score (nSPS) is 14.2. The van der Waals surface area contributed by atoms with E-state index >= 15 is 0 Å². The summed E-state index contributed by atoms with van der Waals surface area (Å²) in [5.41, 5.74) is 4.36. The van der Waals surface area contributed by atoms with Crippen molar-refractivity contribution in [3.8, 4) is 17.0 Å². The van der Waals surface area contributed by atoms with Crippen molar-refractivity contribution in [1.29, 1.82) is 0 Å². The van der Waals surface area contributed by atoms with E-state index in [0.717, 1.165) is 66.3 Å². The summed E-state index contributed by atoms with van der Waals surface area (Å²) in [5, 5.41) is 5.77. The monoisotopic (exact) mass is 570 g/mol. The van der Waals surface area contributed by atoms with Crippen molar-refractivity contribution < 1.29 is 9.53 Å². The number of nitrogens with one attached hydrogen (secondary N) is 2. The number of hydrogen-bond donors (Lipinski definition) is 2. The summed E-state index contributed by atoms with van der Waals surface area (Å²) >= 11 is 18.4. The predicted molar refractivity (Wildman–Crippen MR) is 157 cm³/mol. The first kappa shape index (κ1) is 26.7. The second-order valence-electron chi connectivity index (χ2n) is 9.37. The summed E-state index contributed by atoms with van der Waals surface area (Å²) in [6.07, 6.45) is 0.878. The van der Waals surface area contributed by atoms with Crippen molar-refractivity contribution in [1.82, 2.24) is 15.2 Å². The van der Waals surface area contributed by atoms with Crippen molar-refractivity contribution in [2.45, 2.75) is 6.42 Å². The maximum absolute atomic E-state index is 12.9. The van der Waals surface area contributed by atoms with Gasteiger partial charge in [-0.15, -0.1) is 0 Å². The quantitative estimate of drug-likeness (QED) is 0.230. The van der Waals surface area contributed by atoms with Gasteiger partial charge in [0, 0.05) is 65.6 Å².